The van der Waals surface area contributed by atoms with Crippen molar-refractivity contribution in [2.75, 3.05) is 13.2 Å². The molecule has 12 heteroatoms. The summed E-state index contributed by atoms with van der Waals surface area (Å²) in [5.74, 6) is -0.593. The quantitative estimate of drug-likeness (QED) is 0.312. The lowest BCUT2D eigenvalue weighted by Crippen LogP contribution is -2.35. The lowest BCUT2D eigenvalue weighted by molar-refractivity contribution is 0.0998. The molecule has 0 saturated heterocycles. The molecule has 7 nitrogen and oxygen atoms in total. The SMILES string of the molecule is CC(C)NCC(O)COc1cc(C(=O)N=C(N)N)cc(-c2cc(Cl)sc2Cl)c1.Cl.Cl. The molecular formula is C18H24Cl4N4O3S. The number of aliphatic hydroxyl groups is 1. The molecular weight excluding hydrogens is 494 g/mol. The third-order valence-corrected chi connectivity index (χ3v) is 5.04. The van der Waals surface area contributed by atoms with E-state index in [1.165, 1.54) is 17.4 Å². The molecule has 1 aromatic carbocycles. The average molecular weight is 518 g/mol. The minimum atomic E-state index is -0.720. The summed E-state index contributed by atoms with van der Waals surface area (Å²) >= 11 is 13.5. The fourth-order valence-electron chi connectivity index (χ4n) is 2.30. The molecule has 2 rings (SSSR count). The van der Waals surface area contributed by atoms with Gasteiger partial charge in [0, 0.05) is 23.7 Å². The van der Waals surface area contributed by atoms with Crippen LogP contribution in [0.4, 0.5) is 0 Å². The molecule has 1 aromatic heterocycles. The molecule has 2 aromatic rings. The van der Waals surface area contributed by atoms with E-state index in [0.717, 1.165) is 0 Å². The second-order valence-electron chi connectivity index (χ2n) is 6.35. The van der Waals surface area contributed by atoms with Crippen LogP contribution in [0.5, 0.6) is 5.75 Å². The van der Waals surface area contributed by atoms with Crippen LogP contribution in [0, 0.1) is 0 Å². The summed E-state index contributed by atoms with van der Waals surface area (Å²) in [5, 5.41) is 13.2. The number of guanidine groups is 1. The van der Waals surface area contributed by atoms with Gasteiger partial charge in [-0.05, 0) is 29.8 Å². The number of nitrogens with one attached hydrogen (secondary N) is 1. The Bertz CT molecular complexity index is 873. The number of thiophene rings is 1. The van der Waals surface area contributed by atoms with Crippen molar-refractivity contribution in [1.82, 2.24) is 5.32 Å². The third kappa shape index (κ3) is 8.85. The molecule has 30 heavy (non-hydrogen) atoms. The molecule has 0 aliphatic heterocycles. The van der Waals surface area contributed by atoms with Crippen molar-refractivity contribution in [2.45, 2.75) is 26.0 Å². The molecule has 0 radical (unpaired) electrons. The summed E-state index contributed by atoms with van der Waals surface area (Å²) in [6.07, 6.45) is -0.720. The zero-order valence-electron chi connectivity index (χ0n) is 16.2. The van der Waals surface area contributed by atoms with Gasteiger partial charge in [-0.3, -0.25) is 4.79 Å². The summed E-state index contributed by atoms with van der Waals surface area (Å²) in [6, 6.07) is 6.75. The molecule has 0 saturated carbocycles. The van der Waals surface area contributed by atoms with Gasteiger partial charge >= 0.3 is 0 Å². The molecule has 168 valence electrons. The number of nitrogens with zero attached hydrogens (tertiary/aromatic N) is 1. The molecule has 0 fully saturated rings. The number of carbonyl (C=O) groups is 1. The number of aliphatic imine (C=N–C) groups is 1. The Morgan fingerprint density at radius 1 is 1.23 bits per heavy atom. The predicted molar refractivity (Wildman–Crippen MR) is 129 cm³/mol. The van der Waals surface area contributed by atoms with Gasteiger partial charge in [-0.2, -0.15) is 4.99 Å². The van der Waals surface area contributed by atoms with E-state index < -0.39 is 12.0 Å². The van der Waals surface area contributed by atoms with Crippen LogP contribution < -0.4 is 21.5 Å². The Kier molecular flexibility index (Phi) is 12.7. The first-order valence-corrected chi connectivity index (χ1v) is 10.0. The molecule has 0 bridgehead atoms. The van der Waals surface area contributed by atoms with Crippen molar-refractivity contribution < 1.29 is 14.6 Å². The predicted octanol–water partition coefficient (Wildman–Crippen LogP) is 3.72. The highest BCUT2D eigenvalue weighted by Crippen LogP contribution is 2.39. The van der Waals surface area contributed by atoms with Gasteiger partial charge < -0.3 is 26.6 Å². The van der Waals surface area contributed by atoms with Crippen LogP contribution in [0.1, 0.15) is 24.2 Å². The summed E-state index contributed by atoms with van der Waals surface area (Å²) in [6.45, 7) is 4.38. The molecule has 6 N–H and O–H groups in total. The first-order valence-electron chi connectivity index (χ1n) is 8.44. The number of rotatable bonds is 8. The van der Waals surface area contributed by atoms with Crippen molar-refractivity contribution in [2.24, 2.45) is 16.5 Å². The van der Waals surface area contributed by atoms with Gasteiger partial charge in [-0.15, -0.1) is 36.2 Å². The fourth-order valence-corrected chi connectivity index (χ4v) is 3.81. The zero-order chi connectivity index (χ0) is 20.8. The van der Waals surface area contributed by atoms with E-state index in [9.17, 15) is 9.90 Å². The average Bonchev–Trinajstić information content (AvgIpc) is 2.95. The molecule has 0 aliphatic rings. The second kappa shape index (κ2) is 13.2. The monoisotopic (exact) mass is 516 g/mol. The molecule has 1 unspecified atom stereocenters. The minimum Gasteiger partial charge on any atom is -0.491 e. The normalized spacial score (nSPS) is 11.3. The second-order valence-corrected chi connectivity index (χ2v) is 8.64. The van der Waals surface area contributed by atoms with Crippen LogP contribution in [0.3, 0.4) is 0 Å². The van der Waals surface area contributed by atoms with Crippen molar-refractivity contribution in [3.05, 3.63) is 38.5 Å². The topological polar surface area (TPSA) is 123 Å². The van der Waals surface area contributed by atoms with E-state index >= 15 is 0 Å². The maximum Gasteiger partial charge on any atom is 0.280 e. The maximum absolute atomic E-state index is 12.3. The van der Waals surface area contributed by atoms with Gasteiger partial charge in [0.15, 0.2) is 5.96 Å². The van der Waals surface area contributed by atoms with Crippen molar-refractivity contribution in [3.8, 4) is 16.9 Å². The molecule has 0 spiro atoms. The van der Waals surface area contributed by atoms with Gasteiger partial charge in [0.25, 0.3) is 5.91 Å². The van der Waals surface area contributed by atoms with Crippen molar-refractivity contribution in [1.29, 1.82) is 0 Å². The lowest BCUT2D eigenvalue weighted by atomic mass is 10.0. The maximum atomic E-state index is 12.3. The standard InChI is InChI=1S/C18H22Cl2N4O3S.2ClH/c1-9(2)23-7-12(25)8-27-13-4-10(14-6-15(19)28-16(14)20)3-11(5-13)17(26)24-18(21)22;;/h3-6,9,12,23,25H,7-8H2,1-2H3,(H4,21,22,24,26);2*1H. The number of halogens is 4. The van der Waals surface area contributed by atoms with E-state index in [0.29, 0.717) is 32.1 Å². The highest BCUT2D eigenvalue weighted by molar-refractivity contribution is 7.20. The van der Waals surface area contributed by atoms with Gasteiger partial charge in [-0.1, -0.05) is 37.0 Å². The number of hydrogen-bond donors (Lipinski definition) is 4. The molecule has 1 amide bonds. The molecule has 0 aliphatic carbocycles. The van der Waals surface area contributed by atoms with Crippen LogP contribution in [0.2, 0.25) is 8.67 Å². The third-order valence-electron chi connectivity index (χ3n) is 3.56. The van der Waals surface area contributed by atoms with Crippen molar-refractivity contribution in [3.63, 3.8) is 0 Å². The van der Waals surface area contributed by atoms with E-state index in [1.54, 1.807) is 18.2 Å². The van der Waals surface area contributed by atoms with Crippen LogP contribution in [0.25, 0.3) is 11.1 Å². The van der Waals surface area contributed by atoms with Crippen LogP contribution in [0.15, 0.2) is 29.3 Å². The minimum absolute atomic E-state index is 0. The number of ether oxygens (including phenoxy) is 1. The van der Waals surface area contributed by atoms with E-state index in [-0.39, 0.29) is 49.0 Å². The van der Waals surface area contributed by atoms with E-state index in [1.807, 2.05) is 13.8 Å². The summed E-state index contributed by atoms with van der Waals surface area (Å²) in [7, 11) is 0. The first kappa shape index (κ1) is 28.7. The van der Waals surface area contributed by atoms with Gasteiger partial charge in [0.2, 0.25) is 0 Å². The number of amides is 1. The van der Waals surface area contributed by atoms with Gasteiger partial charge in [0.1, 0.15) is 22.8 Å². The van der Waals surface area contributed by atoms with Gasteiger partial charge in [-0.25, -0.2) is 0 Å². The highest BCUT2D eigenvalue weighted by atomic mass is 35.5. The first-order chi connectivity index (χ1) is 13.2. The smallest absolute Gasteiger partial charge is 0.280 e. The lowest BCUT2D eigenvalue weighted by Gasteiger charge is -2.16. The Morgan fingerprint density at radius 3 is 2.43 bits per heavy atom. The molecule has 1 heterocycles. The summed E-state index contributed by atoms with van der Waals surface area (Å²) in [5.41, 5.74) is 12.1. The van der Waals surface area contributed by atoms with Gasteiger partial charge in [0.05, 0.1) is 4.34 Å². The van der Waals surface area contributed by atoms with Crippen LogP contribution >= 0.6 is 59.4 Å². The Hall–Kier alpha value is -1.26. The van der Waals surface area contributed by atoms with Crippen molar-refractivity contribution >= 4 is 71.2 Å². The Labute approximate surface area is 201 Å². The van der Waals surface area contributed by atoms with Crippen LogP contribution in [-0.2, 0) is 0 Å². The number of nitrogens with two attached hydrogens (primary N) is 2. The van der Waals surface area contributed by atoms with Crippen LogP contribution in [-0.4, -0.2) is 42.3 Å². The number of benzene rings is 1. The highest BCUT2D eigenvalue weighted by Gasteiger charge is 2.15. The van der Waals surface area contributed by atoms with E-state index in [2.05, 4.69) is 10.3 Å². The number of hydrogen-bond acceptors (Lipinski definition) is 5. The number of aliphatic hydroxyl groups excluding tert-OH is 1. The van der Waals surface area contributed by atoms with E-state index in [4.69, 9.17) is 39.4 Å². The zero-order valence-corrected chi connectivity index (χ0v) is 20.2. The number of carbonyl (C=O) groups excluding carboxylic acids is 1. The fraction of sp³-hybridized carbons (Fsp3) is 0.333. The summed E-state index contributed by atoms with van der Waals surface area (Å²) in [4.78, 5) is 15.8. The summed E-state index contributed by atoms with van der Waals surface area (Å²) < 4.78 is 6.67. The Balaban J connectivity index is 0.00000420. The largest absolute Gasteiger partial charge is 0.491 e. The molecule has 1 atom stereocenters. The Morgan fingerprint density at radius 2 is 1.90 bits per heavy atom.